The zero-order valence-electron chi connectivity index (χ0n) is 13.5. The standard InChI is InChI=1S/C17H15N5O2S/c1-10(23)19-17-21-13-6-7-22(9-15(13)25-17)16(24)14-8-18-11-4-2-3-5-12(11)20-14/h2-5,8H,6-7,9H2,1H3,(H,19,21,23). The summed E-state index contributed by atoms with van der Waals surface area (Å²) in [5.41, 5.74) is 2.76. The van der Waals surface area contributed by atoms with Crippen molar-refractivity contribution >= 4 is 39.3 Å². The fourth-order valence-corrected chi connectivity index (χ4v) is 3.87. The van der Waals surface area contributed by atoms with Crippen molar-refractivity contribution in [3.63, 3.8) is 0 Å². The monoisotopic (exact) mass is 353 g/mol. The van der Waals surface area contributed by atoms with E-state index in [1.165, 1.54) is 24.5 Å². The molecule has 25 heavy (non-hydrogen) atoms. The first-order chi connectivity index (χ1) is 12.1. The fourth-order valence-electron chi connectivity index (χ4n) is 2.80. The van der Waals surface area contributed by atoms with E-state index in [2.05, 4.69) is 20.3 Å². The summed E-state index contributed by atoms with van der Waals surface area (Å²) in [5, 5.41) is 3.28. The molecule has 2 aromatic heterocycles. The summed E-state index contributed by atoms with van der Waals surface area (Å²) in [5.74, 6) is -0.288. The lowest BCUT2D eigenvalue weighted by molar-refractivity contribution is -0.114. The Balaban J connectivity index is 1.56. The van der Waals surface area contributed by atoms with Gasteiger partial charge >= 0.3 is 0 Å². The number of para-hydroxylation sites is 2. The van der Waals surface area contributed by atoms with Crippen molar-refractivity contribution in [2.75, 3.05) is 11.9 Å². The average Bonchev–Trinajstić information content (AvgIpc) is 3.01. The number of aromatic nitrogens is 3. The molecule has 1 N–H and O–H groups in total. The Kier molecular flexibility index (Phi) is 3.89. The van der Waals surface area contributed by atoms with Crippen LogP contribution in [0.25, 0.3) is 11.0 Å². The molecule has 1 aliphatic heterocycles. The van der Waals surface area contributed by atoms with Gasteiger partial charge in [0, 0.05) is 24.8 Å². The molecule has 1 aromatic carbocycles. The first kappa shape index (κ1) is 15.6. The molecule has 0 spiro atoms. The second-order valence-corrected chi connectivity index (χ2v) is 6.87. The predicted octanol–water partition coefficient (Wildman–Crippen LogP) is 2.24. The van der Waals surface area contributed by atoms with E-state index in [9.17, 15) is 9.59 Å². The molecule has 4 rings (SSSR count). The zero-order valence-corrected chi connectivity index (χ0v) is 14.3. The fraction of sp³-hybridized carbons (Fsp3) is 0.235. The molecule has 3 heterocycles. The number of hydrogen-bond acceptors (Lipinski definition) is 6. The molecule has 8 heteroatoms. The molecule has 0 atom stereocenters. The van der Waals surface area contributed by atoms with Crippen molar-refractivity contribution in [3.8, 4) is 0 Å². The summed E-state index contributed by atoms with van der Waals surface area (Å²) in [7, 11) is 0. The lowest BCUT2D eigenvalue weighted by atomic mass is 10.1. The second kappa shape index (κ2) is 6.21. The molecule has 1 aliphatic rings. The first-order valence-electron chi connectivity index (χ1n) is 7.87. The van der Waals surface area contributed by atoms with E-state index >= 15 is 0 Å². The summed E-state index contributed by atoms with van der Waals surface area (Å²) < 4.78 is 0. The van der Waals surface area contributed by atoms with E-state index in [0.717, 1.165) is 16.1 Å². The number of amides is 2. The maximum Gasteiger partial charge on any atom is 0.274 e. The smallest absolute Gasteiger partial charge is 0.274 e. The Morgan fingerprint density at radius 1 is 1.20 bits per heavy atom. The highest BCUT2D eigenvalue weighted by Crippen LogP contribution is 2.28. The van der Waals surface area contributed by atoms with Crippen LogP contribution >= 0.6 is 11.3 Å². The lowest BCUT2D eigenvalue weighted by Gasteiger charge is -2.25. The molecule has 7 nitrogen and oxygen atoms in total. The Morgan fingerprint density at radius 2 is 2.00 bits per heavy atom. The van der Waals surface area contributed by atoms with Crippen molar-refractivity contribution in [2.45, 2.75) is 19.9 Å². The zero-order chi connectivity index (χ0) is 17.4. The van der Waals surface area contributed by atoms with Gasteiger partial charge in [-0.05, 0) is 12.1 Å². The van der Waals surface area contributed by atoms with Crippen LogP contribution in [-0.4, -0.2) is 38.2 Å². The van der Waals surface area contributed by atoms with Crippen LogP contribution in [-0.2, 0) is 17.8 Å². The van der Waals surface area contributed by atoms with Crippen molar-refractivity contribution in [2.24, 2.45) is 0 Å². The summed E-state index contributed by atoms with van der Waals surface area (Å²) >= 11 is 1.41. The lowest BCUT2D eigenvalue weighted by Crippen LogP contribution is -2.36. The molecule has 2 amide bonds. The summed E-state index contributed by atoms with van der Waals surface area (Å²) in [4.78, 5) is 39.8. The highest BCUT2D eigenvalue weighted by molar-refractivity contribution is 7.15. The van der Waals surface area contributed by atoms with Gasteiger partial charge in [0.05, 0.1) is 29.5 Å². The van der Waals surface area contributed by atoms with E-state index in [0.29, 0.717) is 35.9 Å². The highest BCUT2D eigenvalue weighted by Gasteiger charge is 2.26. The van der Waals surface area contributed by atoms with Crippen LogP contribution in [0.4, 0.5) is 5.13 Å². The number of hydrogen-bond donors (Lipinski definition) is 1. The largest absolute Gasteiger partial charge is 0.332 e. The Bertz CT molecular complexity index is 984. The van der Waals surface area contributed by atoms with E-state index in [1.54, 1.807) is 4.90 Å². The minimum atomic E-state index is -0.148. The van der Waals surface area contributed by atoms with E-state index in [4.69, 9.17) is 0 Å². The number of thiazole rings is 1. The van der Waals surface area contributed by atoms with Crippen molar-refractivity contribution in [3.05, 3.63) is 46.7 Å². The molecule has 0 saturated heterocycles. The molecule has 0 unspecified atom stereocenters. The van der Waals surface area contributed by atoms with Gasteiger partial charge in [-0.2, -0.15) is 0 Å². The number of anilines is 1. The van der Waals surface area contributed by atoms with Gasteiger partial charge in [0.15, 0.2) is 5.13 Å². The quantitative estimate of drug-likeness (QED) is 0.763. The molecular weight excluding hydrogens is 338 g/mol. The number of rotatable bonds is 2. The van der Waals surface area contributed by atoms with Crippen LogP contribution in [0.15, 0.2) is 30.5 Å². The normalized spacial score (nSPS) is 13.6. The Morgan fingerprint density at radius 3 is 2.80 bits per heavy atom. The molecule has 0 radical (unpaired) electrons. The first-order valence-corrected chi connectivity index (χ1v) is 8.69. The van der Waals surface area contributed by atoms with Gasteiger partial charge in [0.2, 0.25) is 5.91 Å². The van der Waals surface area contributed by atoms with Crippen molar-refractivity contribution in [1.29, 1.82) is 0 Å². The topological polar surface area (TPSA) is 88.1 Å². The van der Waals surface area contributed by atoms with Gasteiger partial charge in [0.25, 0.3) is 5.91 Å². The minimum absolute atomic E-state index is 0.140. The number of fused-ring (bicyclic) bond motifs is 2. The number of carbonyl (C=O) groups is 2. The summed E-state index contributed by atoms with van der Waals surface area (Å²) in [6.45, 7) is 2.50. The van der Waals surface area contributed by atoms with E-state index < -0.39 is 0 Å². The number of nitrogens with zero attached hydrogens (tertiary/aromatic N) is 4. The maximum atomic E-state index is 12.8. The molecular formula is C17H15N5O2S. The summed E-state index contributed by atoms with van der Waals surface area (Å²) in [6.07, 6.45) is 2.19. The molecule has 0 saturated carbocycles. The van der Waals surface area contributed by atoms with Crippen LogP contribution < -0.4 is 5.32 Å². The third-order valence-corrected chi connectivity index (χ3v) is 4.97. The molecule has 3 aromatic rings. The third-order valence-electron chi connectivity index (χ3n) is 3.97. The van der Waals surface area contributed by atoms with Gasteiger partial charge in [-0.3, -0.25) is 14.6 Å². The number of carbonyl (C=O) groups excluding carboxylic acids is 2. The minimum Gasteiger partial charge on any atom is -0.332 e. The van der Waals surface area contributed by atoms with Crippen LogP contribution in [0, 0.1) is 0 Å². The Labute approximate surface area is 147 Å². The highest BCUT2D eigenvalue weighted by atomic mass is 32.1. The van der Waals surface area contributed by atoms with Gasteiger partial charge in [-0.15, -0.1) is 0 Å². The SMILES string of the molecule is CC(=O)Nc1nc2c(s1)CN(C(=O)c1cnc3ccccc3n1)CC2. The van der Waals surface area contributed by atoms with E-state index in [-0.39, 0.29) is 11.8 Å². The predicted molar refractivity (Wildman–Crippen MR) is 94.4 cm³/mol. The van der Waals surface area contributed by atoms with Gasteiger partial charge < -0.3 is 10.2 Å². The molecule has 0 fully saturated rings. The molecule has 126 valence electrons. The number of benzene rings is 1. The third kappa shape index (κ3) is 3.08. The van der Waals surface area contributed by atoms with Crippen LogP contribution in [0.2, 0.25) is 0 Å². The van der Waals surface area contributed by atoms with Crippen LogP contribution in [0.5, 0.6) is 0 Å². The Hall–Kier alpha value is -2.87. The van der Waals surface area contributed by atoms with Gasteiger partial charge in [0.1, 0.15) is 5.69 Å². The number of nitrogens with one attached hydrogen (secondary N) is 1. The van der Waals surface area contributed by atoms with Crippen LogP contribution in [0.1, 0.15) is 28.0 Å². The second-order valence-electron chi connectivity index (χ2n) is 5.79. The molecule has 0 aliphatic carbocycles. The van der Waals surface area contributed by atoms with Crippen molar-refractivity contribution in [1.82, 2.24) is 19.9 Å². The molecule has 0 bridgehead atoms. The van der Waals surface area contributed by atoms with Crippen molar-refractivity contribution < 1.29 is 9.59 Å². The summed E-state index contributed by atoms with van der Waals surface area (Å²) in [6, 6.07) is 7.47. The van der Waals surface area contributed by atoms with E-state index in [1.807, 2.05) is 24.3 Å². The van der Waals surface area contributed by atoms with Crippen LogP contribution in [0.3, 0.4) is 0 Å². The average molecular weight is 353 g/mol. The van der Waals surface area contributed by atoms with Gasteiger partial charge in [-0.25, -0.2) is 9.97 Å². The van der Waals surface area contributed by atoms with Gasteiger partial charge in [-0.1, -0.05) is 23.5 Å². The maximum absolute atomic E-state index is 12.8.